The Morgan fingerprint density at radius 3 is 2.65 bits per heavy atom. The summed E-state index contributed by atoms with van der Waals surface area (Å²) in [4.78, 5) is 14.4. The van der Waals surface area contributed by atoms with E-state index in [2.05, 4.69) is 33.6 Å². The molecule has 126 valence electrons. The van der Waals surface area contributed by atoms with Crippen molar-refractivity contribution in [2.75, 3.05) is 10.5 Å². The van der Waals surface area contributed by atoms with E-state index in [1.807, 2.05) is 61.1 Å². The zero-order valence-corrected chi connectivity index (χ0v) is 14.0. The smallest absolute Gasteiger partial charge is 0.0986 e. The highest BCUT2D eigenvalue weighted by Gasteiger charge is 2.24. The lowest BCUT2D eigenvalue weighted by atomic mass is 10.0. The molecule has 0 saturated heterocycles. The molecule has 0 atom stereocenters. The van der Waals surface area contributed by atoms with Crippen LogP contribution in [-0.4, -0.2) is 9.97 Å². The van der Waals surface area contributed by atoms with Crippen LogP contribution < -0.4 is 10.5 Å². The molecular formula is C21H16N4O. The van der Waals surface area contributed by atoms with Gasteiger partial charge in [0.15, 0.2) is 0 Å². The molecular weight excluding hydrogens is 324 g/mol. The number of hydrogen-bond donors (Lipinski definition) is 1. The van der Waals surface area contributed by atoms with Gasteiger partial charge in [-0.3, -0.25) is 9.97 Å². The molecule has 3 heterocycles. The molecule has 0 radical (unpaired) electrons. The summed E-state index contributed by atoms with van der Waals surface area (Å²) in [6, 6.07) is 20.4. The van der Waals surface area contributed by atoms with Crippen LogP contribution in [0.4, 0.5) is 17.1 Å². The molecule has 1 aliphatic rings. The summed E-state index contributed by atoms with van der Waals surface area (Å²) in [6.07, 6.45) is 6.28. The molecule has 2 aromatic heterocycles. The second-order valence-electron chi connectivity index (χ2n) is 6.23. The standard InChI is InChI=1S/C21H16N4O/c1-2-6-19-18(5-1)24-26-25(19)20-14-16(12-15-7-10-22-11-8-15)13-17-4-3-9-23-21(17)20/h1-11,13-14,24H,12H2. The highest BCUT2D eigenvalue weighted by atomic mass is 16.8. The molecule has 0 unspecified atom stereocenters. The van der Waals surface area contributed by atoms with Crippen molar-refractivity contribution in [3.63, 3.8) is 0 Å². The second-order valence-corrected chi connectivity index (χ2v) is 6.23. The highest BCUT2D eigenvalue weighted by molar-refractivity contribution is 5.95. The monoisotopic (exact) mass is 340 g/mol. The maximum Gasteiger partial charge on any atom is 0.0986 e. The normalized spacial score (nSPS) is 12.8. The van der Waals surface area contributed by atoms with Gasteiger partial charge in [-0.1, -0.05) is 18.2 Å². The fourth-order valence-electron chi connectivity index (χ4n) is 3.29. The molecule has 0 fully saturated rings. The molecule has 1 aliphatic heterocycles. The first-order chi connectivity index (χ1) is 12.9. The van der Waals surface area contributed by atoms with Crippen LogP contribution in [0, 0.1) is 0 Å². The lowest BCUT2D eigenvalue weighted by Gasteiger charge is -2.18. The largest absolute Gasteiger partial charge is 0.265 e. The van der Waals surface area contributed by atoms with Crippen molar-refractivity contribution in [2.24, 2.45) is 0 Å². The molecule has 0 bridgehead atoms. The van der Waals surface area contributed by atoms with Gasteiger partial charge in [-0.05, 0) is 60.0 Å². The summed E-state index contributed by atoms with van der Waals surface area (Å²) in [5, 5.41) is 2.89. The van der Waals surface area contributed by atoms with Crippen LogP contribution in [0.1, 0.15) is 11.1 Å². The lowest BCUT2D eigenvalue weighted by molar-refractivity contribution is 0.215. The Morgan fingerprint density at radius 2 is 1.73 bits per heavy atom. The Balaban J connectivity index is 1.64. The predicted octanol–water partition coefficient (Wildman–Crippen LogP) is 4.63. The first kappa shape index (κ1) is 14.9. The number of para-hydroxylation sites is 2. The van der Waals surface area contributed by atoms with Crippen molar-refractivity contribution >= 4 is 28.0 Å². The Labute approximate surface area is 150 Å². The maximum atomic E-state index is 5.76. The minimum Gasteiger partial charge on any atom is -0.265 e. The van der Waals surface area contributed by atoms with E-state index in [0.717, 1.165) is 34.4 Å². The van der Waals surface area contributed by atoms with Crippen molar-refractivity contribution < 1.29 is 4.94 Å². The van der Waals surface area contributed by atoms with Crippen LogP contribution in [0.3, 0.4) is 0 Å². The number of fused-ring (bicyclic) bond motifs is 2. The number of nitrogens with one attached hydrogen (secondary N) is 1. The van der Waals surface area contributed by atoms with E-state index in [9.17, 15) is 0 Å². The molecule has 2 aromatic carbocycles. The zero-order valence-electron chi connectivity index (χ0n) is 14.0. The van der Waals surface area contributed by atoms with E-state index in [0.29, 0.717) is 0 Å². The number of rotatable bonds is 3. The van der Waals surface area contributed by atoms with Gasteiger partial charge >= 0.3 is 0 Å². The minimum absolute atomic E-state index is 0.823. The minimum atomic E-state index is 0.823. The molecule has 5 rings (SSSR count). The van der Waals surface area contributed by atoms with Crippen molar-refractivity contribution in [2.45, 2.75) is 6.42 Å². The summed E-state index contributed by atoms with van der Waals surface area (Å²) in [5.74, 6) is 0. The first-order valence-corrected chi connectivity index (χ1v) is 8.47. The summed E-state index contributed by atoms with van der Waals surface area (Å²) in [5.41, 5.74) is 9.13. The van der Waals surface area contributed by atoms with Gasteiger partial charge in [-0.2, -0.15) is 10.0 Å². The van der Waals surface area contributed by atoms with Crippen molar-refractivity contribution in [3.8, 4) is 0 Å². The van der Waals surface area contributed by atoms with Crippen LogP contribution in [0.2, 0.25) is 0 Å². The third-order valence-electron chi connectivity index (χ3n) is 4.49. The molecule has 0 amide bonds. The SMILES string of the molecule is c1ccc2c(c1)NON2c1cc(Cc2ccncc2)cc2cccnc12. The van der Waals surface area contributed by atoms with E-state index < -0.39 is 0 Å². The Morgan fingerprint density at radius 1 is 0.846 bits per heavy atom. The van der Waals surface area contributed by atoms with E-state index in [1.54, 1.807) is 5.06 Å². The van der Waals surface area contributed by atoms with Gasteiger partial charge in [0.2, 0.25) is 0 Å². The topological polar surface area (TPSA) is 50.3 Å². The first-order valence-electron chi connectivity index (χ1n) is 8.47. The third kappa shape index (κ3) is 2.55. The highest BCUT2D eigenvalue weighted by Crippen LogP contribution is 2.40. The van der Waals surface area contributed by atoms with Crippen LogP contribution in [0.25, 0.3) is 10.9 Å². The van der Waals surface area contributed by atoms with E-state index in [1.165, 1.54) is 11.1 Å². The molecule has 5 nitrogen and oxygen atoms in total. The summed E-state index contributed by atoms with van der Waals surface area (Å²) in [7, 11) is 0. The Kier molecular flexibility index (Phi) is 3.50. The maximum absolute atomic E-state index is 5.76. The Bertz CT molecular complexity index is 1080. The molecule has 1 N–H and O–H groups in total. The molecule has 0 saturated carbocycles. The van der Waals surface area contributed by atoms with Crippen molar-refractivity contribution in [1.82, 2.24) is 9.97 Å². The third-order valence-corrected chi connectivity index (χ3v) is 4.49. The average molecular weight is 340 g/mol. The number of nitrogens with zero attached hydrogens (tertiary/aromatic N) is 3. The van der Waals surface area contributed by atoms with Crippen molar-refractivity contribution in [1.29, 1.82) is 0 Å². The predicted molar refractivity (Wildman–Crippen MR) is 102 cm³/mol. The molecule has 4 aromatic rings. The quantitative estimate of drug-likeness (QED) is 0.589. The van der Waals surface area contributed by atoms with Gasteiger partial charge in [-0.25, -0.2) is 5.48 Å². The summed E-state index contributed by atoms with van der Waals surface area (Å²) in [6.45, 7) is 0. The molecule has 26 heavy (non-hydrogen) atoms. The number of anilines is 3. The van der Waals surface area contributed by atoms with Crippen LogP contribution in [-0.2, 0) is 11.4 Å². The number of aromatic nitrogens is 2. The molecule has 0 spiro atoms. The van der Waals surface area contributed by atoms with Gasteiger partial charge in [0.05, 0.1) is 22.6 Å². The average Bonchev–Trinajstić information content (AvgIpc) is 3.12. The summed E-state index contributed by atoms with van der Waals surface area (Å²) < 4.78 is 0. The van der Waals surface area contributed by atoms with E-state index in [-0.39, 0.29) is 0 Å². The fraction of sp³-hybridized carbons (Fsp3) is 0.0476. The number of hydrogen-bond acceptors (Lipinski definition) is 5. The summed E-state index contributed by atoms with van der Waals surface area (Å²) >= 11 is 0. The van der Waals surface area contributed by atoms with Gasteiger partial charge in [0, 0.05) is 24.0 Å². The van der Waals surface area contributed by atoms with E-state index in [4.69, 9.17) is 4.94 Å². The van der Waals surface area contributed by atoms with Crippen LogP contribution >= 0.6 is 0 Å². The van der Waals surface area contributed by atoms with E-state index >= 15 is 0 Å². The number of benzene rings is 2. The zero-order chi connectivity index (χ0) is 17.3. The lowest BCUT2D eigenvalue weighted by Crippen LogP contribution is -2.14. The van der Waals surface area contributed by atoms with Gasteiger partial charge in [-0.15, -0.1) is 0 Å². The molecule has 0 aliphatic carbocycles. The second kappa shape index (κ2) is 6.13. The molecule has 5 heteroatoms. The van der Waals surface area contributed by atoms with Crippen LogP contribution in [0.5, 0.6) is 0 Å². The fourth-order valence-corrected chi connectivity index (χ4v) is 3.29. The van der Waals surface area contributed by atoms with Gasteiger partial charge in [0.1, 0.15) is 0 Å². The Hall–Kier alpha value is -3.44. The van der Waals surface area contributed by atoms with Crippen LogP contribution in [0.15, 0.2) is 79.3 Å². The van der Waals surface area contributed by atoms with Gasteiger partial charge in [0.25, 0.3) is 0 Å². The van der Waals surface area contributed by atoms with Gasteiger partial charge < -0.3 is 0 Å². The number of pyridine rings is 2. The van der Waals surface area contributed by atoms with Crippen molar-refractivity contribution in [3.05, 3.63) is 90.4 Å².